The minimum Gasteiger partial charge on any atom is -0.352 e. The molecule has 3 rings (SSSR count). The number of nitrogens with one attached hydrogen (secondary N) is 2. The van der Waals surface area contributed by atoms with Crippen LogP contribution in [-0.2, 0) is 14.4 Å². The van der Waals surface area contributed by atoms with Gasteiger partial charge in [0.05, 0.1) is 0 Å². The van der Waals surface area contributed by atoms with Crippen LogP contribution in [0.4, 0.5) is 10.8 Å². The van der Waals surface area contributed by atoms with E-state index in [0.717, 1.165) is 31.2 Å². The molecular weight excluding hydrogens is 424 g/mol. The van der Waals surface area contributed by atoms with Gasteiger partial charge in [-0.15, -0.1) is 11.3 Å². The molecule has 1 aromatic heterocycles. The second-order valence-corrected chi connectivity index (χ2v) is 9.41. The maximum absolute atomic E-state index is 13.0. The maximum atomic E-state index is 13.0. The van der Waals surface area contributed by atoms with Crippen molar-refractivity contribution in [3.05, 3.63) is 41.4 Å². The predicted octanol–water partition coefficient (Wildman–Crippen LogP) is 4.47. The Kier molecular flexibility index (Phi) is 8.79. The first-order valence-corrected chi connectivity index (χ1v) is 12.2. The quantitative estimate of drug-likeness (QED) is 0.582. The van der Waals surface area contributed by atoms with Crippen LogP contribution >= 0.6 is 11.3 Å². The molecule has 0 spiro atoms. The number of hydrogen-bond donors (Lipinski definition) is 2. The number of carbonyl (C=O) groups is 3. The zero-order chi connectivity index (χ0) is 22.9. The number of anilines is 2. The van der Waals surface area contributed by atoms with Gasteiger partial charge in [-0.1, -0.05) is 45.2 Å². The van der Waals surface area contributed by atoms with E-state index >= 15 is 0 Å². The molecule has 1 aliphatic rings. The van der Waals surface area contributed by atoms with Crippen molar-refractivity contribution in [2.45, 2.75) is 70.8 Å². The smallest absolute Gasteiger partial charge is 0.240 e. The van der Waals surface area contributed by atoms with Crippen molar-refractivity contribution in [3.8, 4) is 0 Å². The number of amides is 3. The summed E-state index contributed by atoms with van der Waals surface area (Å²) in [6.07, 6.45) is 7.08. The molecule has 1 saturated carbocycles. The van der Waals surface area contributed by atoms with E-state index < -0.39 is 0 Å². The molecule has 0 atom stereocenters. The molecule has 1 aromatic carbocycles. The average Bonchev–Trinajstić information content (AvgIpc) is 3.29. The van der Waals surface area contributed by atoms with Crippen molar-refractivity contribution in [3.63, 3.8) is 0 Å². The van der Waals surface area contributed by atoms with Crippen LogP contribution in [0.1, 0.15) is 70.3 Å². The standard InChI is InChI=1S/C24H32N4O3S/c1-17(2)18-8-10-20(11-9-18)28(16-22(30)26-19-6-4-3-5-7-19)23(31)13-12-21(29)27-24-25-14-15-32-24/h8-11,14-15,17,19H,3-7,12-13,16H2,1-2H3,(H,26,30)(H,25,27,29). The highest BCUT2D eigenvalue weighted by Crippen LogP contribution is 2.22. The van der Waals surface area contributed by atoms with Crippen molar-refractivity contribution in [2.75, 3.05) is 16.8 Å². The Labute approximate surface area is 193 Å². The summed E-state index contributed by atoms with van der Waals surface area (Å²) in [5.41, 5.74) is 1.83. The Morgan fingerprint density at radius 1 is 1.06 bits per heavy atom. The molecule has 0 unspecified atom stereocenters. The molecule has 1 fully saturated rings. The Hall–Kier alpha value is -2.74. The molecular formula is C24H32N4O3S. The first-order chi connectivity index (χ1) is 15.4. The number of rotatable bonds is 9. The summed E-state index contributed by atoms with van der Waals surface area (Å²) in [6.45, 7) is 4.16. The Morgan fingerprint density at radius 2 is 1.78 bits per heavy atom. The minimum atomic E-state index is -0.268. The zero-order valence-electron chi connectivity index (χ0n) is 18.8. The molecule has 8 heteroatoms. The number of aromatic nitrogens is 1. The molecule has 2 N–H and O–H groups in total. The van der Waals surface area contributed by atoms with Crippen LogP contribution in [0.2, 0.25) is 0 Å². The third-order valence-electron chi connectivity index (χ3n) is 5.69. The lowest BCUT2D eigenvalue weighted by Crippen LogP contribution is -2.45. The van der Waals surface area contributed by atoms with Gasteiger partial charge in [0.25, 0.3) is 0 Å². The average molecular weight is 457 g/mol. The maximum Gasteiger partial charge on any atom is 0.240 e. The van der Waals surface area contributed by atoms with E-state index in [1.807, 2.05) is 24.3 Å². The minimum absolute atomic E-state index is 0.0137. The van der Waals surface area contributed by atoms with E-state index in [0.29, 0.717) is 16.7 Å². The van der Waals surface area contributed by atoms with Crippen molar-refractivity contribution < 1.29 is 14.4 Å². The fourth-order valence-electron chi connectivity index (χ4n) is 3.85. The van der Waals surface area contributed by atoms with Crippen LogP contribution in [0, 0.1) is 0 Å². The topological polar surface area (TPSA) is 91.4 Å². The Bertz CT molecular complexity index is 890. The molecule has 0 aliphatic heterocycles. The van der Waals surface area contributed by atoms with Crippen LogP contribution in [0.25, 0.3) is 0 Å². The zero-order valence-corrected chi connectivity index (χ0v) is 19.6. The van der Waals surface area contributed by atoms with Gasteiger partial charge in [0, 0.05) is 36.1 Å². The number of benzene rings is 1. The van der Waals surface area contributed by atoms with Crippen molar-refractivity contribution in [2.24, 2.45) is 0 Å². The highest BCUT2D eigenvalue weighted by molar-refractivity contribution is 7.13. The van der Waals surface area contributed by atoms with Gasteiger partial charge in [0.1, 0.15) is 6.54 Å². The second kappa shape index (κ2) is 11.8. The third kappa shape index (κ3) is 7.15. The van der Waals surface area contributed by atoms with Gasteiger partial charge < -0.3 is 15.5 Å². The van der Waals surface area contributed by atoms with E-state index in [2.05, 4.69) is 29.5 Å². The van der Waals surface area contributed by atoms with Gasteiger partial charge in [0.15, 0.2) is 5.13 Å². The van der Waals surface area contributed by atoms with E-state index in [4.69, 9.17) is 0 Å². The van der Waals surface area contributed by atoms with E-state index in [1.54, 1.807) is 11.6 Å². The largest absolute Gasteiger partial charge is 0.352 e. The van der Waals surface area contributed by atoms with Crippen molar-refractivity contribution in [1.82, 2.24) is 10.3 Å². The lowest BCUT2D eigenvalue weighted by Gasteiger charge is -2.26. The molecule has 172 valence electrons. The van der Waals surface area contributed by atoms with Gasteiger partial charge in [-0.2, -0.15) is 0 Å². The summed E-state index contributed by atoms with van der Waals surface area (Å²) in [5, 5.41) is 8.05. The SMILES string of the molecule is CC(C)c1ccc(N(CC(=O)NC2CCCCC2)C(=O)CCC(=O)Nc2nccs2)cc1. The van der Waals surface area contributed by atoms with Crippen LogP contribution < -0.4 is 15.5 Å². The highest BCUT2D eigenvalue weighted by Gasteiger charge is 2.23. The molecule has 32 heavy (non-hydrogen) atoms. The van der Waals surface area contributed by atoms with Gasteiger partial charge in [-0.05, 0) is 36.5 Å². The predicted molar refractivity (Wildman–Crippen MR) is 128 cm³/mol. The summed E-state index contributed by atoms with van der Waals surface area (Å²) in [7, 11) is 0. The summed E-state index contributed by atoms with van der Waals surface area (Å²) >= 11 is 1.33. The molecule has 0 bridgehead atoms. The Balaban J connectivity index is 1.64. The number of carbonyl (C=O) groups excluding carboxylic acids is 3. The lowest BCUT2D eigenvalue weighted by molar-refractivity contribution is -0.125. The molecule has 3 amide bonds. The molecule has 7 nitrogen and oxygen atoms in total. The fourth-order valence-corrected chi connectivity index (χ4v) is 4.39. The van der Waals surface area contributed by atoms with E-state index in [1.165, 1.54) is 22.7 Å². The molecule has 2 aromatic rings. The summed E-state index contributed by atoms with van der Waals surface area (Å²) in [4.78, 5) is 43.5. The normalized spacial score (nSPS) is 14.2. The fraction of sp³-hybridized carbons (Fsp3) is 0.500. The van der Waals surface area contributed by atoms with E-state index in [9.17, 15) is 14.4 Å². The van der Waals surface area contributed by atoms with Gasteiger partial charge in [-0.3, -0.25) is 14.4 Å². The monoisotopic (exact) mass is 456 g/mol. The first kappa shape index (κ1) is 23.9. The first-order valence-electron chi connectivity index (χ1n) is 11.3. The number of nitrogens with zero attached hydrogens (tertiary/aromatic N) is 2. The molecule has 1 heterocycles. The van der Waals surface area contributed by atoms with Gasteiger partial charge in [0.2, 0.25) is 17.7 Å². The van der Waals surface area contributed by atoms with Crippen LogP contribution in [0.3, 0.4) is 0 Å². The molecule has 0 radical (unpaired) electrons. The van der Waals surface area contributed by atoms with E-state index in [-0.39, 0.29) is 43.1 Å². The van der Waals surface area contributed by atoms with Gasteiger partial charge in [-0.25, -0.2) is 4.98 Å². The third-order valence-corrected chi connectivity index (χ3v) is 6.38. The number of thiazole rings is 1. The summed E-state index contributed by atoms with van der Waals surface area (Å²) < 4.78 is 0. The van der Waals surface area contributed by atoms with Crippen LogP contribution in [-0.4, -0.2) is 35.3 Å². The molecule has 1 aliphatic carbocycles. The van der Waals surface area contributed by atoms with Crippen LogP contribution in [0.15, 0.2) is 35.8 Å². The van der Waals surface area contributed by atoms with Gasteiger partial charge >= 0.3 is 0 Å². The highest BCUT2D eigenvalue weighted by atomic mass is 32.1. The molecule has 0 saturated heterocycles. The lowest BCUT2D eigenvalue weighted by atomic mass is 9.95. The number of hydrogen-bond acceptors (Lipinski definition) is 5. The summed E-state index contributed by atoms with van der Waals surface area (Å²) in [5.74, 6) is -0.312. The van der Waals surface area contributed by atoms with Crippen molar-refractivity contribution in [1.29, 1.82) is 0 Å². The Morgan fingerprint density at radius 3 is 2.41 bits per heavy atom. The summed E-state index contributed by atoms with van der Waals surface area (Å²) in [6, 6.07) is 7.89. The van der Waals surface area contributed by atoms with Crippen LogP contribution in [0.5, 0.6) is 0 Å². The second-order valence-electron chi connectivity index (χ2n) is 8.51. The van der Waals surface area contributed by atoms with Crippen molar-refractivity contribution >= 4 is 39.9 Å².